The molecule has 0 radical (unpaired) electrons. The smallest absolute Gasteiger partial charge is 0.130 e. The molecule has 0 amide bonds. The van der Waals surface area contributed by atoms with E-state index in [2.05, 4.69) is 31.9 Å². The van der Waals surface area contributed by atoms with Crippen molar-refractivity contribution in [2.24, 2.45) is 34.0 Å². The molecule has 4 aliphatic carbocycles. The number of aliphatic carboxylic acids is 1. The Kier molecular flexibility index (Phi) is 4.23. The number of rotatable bonds is 2. The summed E-state index contributed by atoms with van der Waals surface area (Å²) in [5, 5.41) is 22.7. The molecule has 4 aliphatic rings. The summed E-state index contributed by atoms with van der Waals surface area (Å²) in [5.41, 5.74) is 0.324. The Morgan fingerprint density at radius 3 is 2.57 bits per heavy atom. The molecule has 0 bridgehead atoms. The number of hydrogen-bond acceptors (Lipinski definition) is 3. The maximum absolute atomic E-state index is 11.6. The van der Waals surface area contributed by atoms with Crippen molar-refractivity contribution in [2.45, 2.75) is 78.2 Å². The van der Waals surface area contributed by atoms with Crippen LogP contribution in [0.4, 0.5) is 0 Å². The van der Waals surface area contributed by atoms with E-state index in [0.717, 1.165) is 44.1 Å². The highest BCUT2D eigenvalue weighted by Gasteiger charge is 2.63. The summed E-state index contributed by atoms with van der Waals surface area (Å²) in [6.07, 6.45) is 16.9. The fourth-order valence-electron chi connectivity index (χ4n) is 7.20. The van der Waals surface area contributed by atoms with Crippen molar-refractivity contribution < 1.29 is 15.0 Å². The molecule has 0 aromatic heterocycles. The maximum Gasteiger partial charge on any atom is 0.130 e. The van der Waals surface area contributed by atoms with Crippen molar-refractivity contribution in [3.63, 3.8) is 0 Å². The van der Waals surface area contributed by atoms with Crippen LogP contribution in [0.1, 0.15) is 72.6 Å². The molecule has 3 nitrogen and oxygen atoms in total. The minimum atomic E-state index is -0.996. The number of hydrogen-bond donors (Lipinski definition) is 1. The summed E-state index contributed by atoms with van der Waals surface area (Å²) >= 11 is 0. The molecule has 0 heterocycles. The van der Waals surface area contributed by atoms with Gasteiger partial charge in [0.1, 0.15) is 5.60 Å². The number of carboxylic acids is 1. The molecule has 0 aliphatic heterocycles. The molecular weight excluding hydrogens is 348 g/mol. The lowest BCUT2D eigenvalue weighted by atomic mass is 9.47. The SMILES string of the molecule is C#C[C@]1(O)CC[C@@H]2[C@H]3CC=C4C=C(C(C)(C)C(=O)[O-])CC[C@]4(C)[C@@H]3CC[C@@]21C. The van der Waals surface area contributed by atoms with Gasteiger partial charge in [0.25, 0.3) is 0 Å². The zero-order valence-corrected chi connectivity index (χ0v) is 17.7. The number of carbonyl (C=O) groups is 1. The summed E-state index contributed by atoms with van der Waals surface area (Å²) in [6, 6.07) is 0. The lowest BCUT2D eigenvalue weighted by molar-refractivity contribution is -0.315. The van der Waals surface area contributed by atoms with Gasteiger partial charge in [-0.3, -0.25) is 0 Å². The van der Waals surface area contributed by atoms with Crippen LogP contribution in [0, 0.1) is 46.3 Å². The molecule has 0 unspecified atom stereocenters. The van der Waals surface area contributed by atoms with E-state index in [9.17, 15) is 15.0 Å². The molecule has 4 rings (SSSR count). The number of fused-ring (bicyclic) bond motifs is 5. The van der Waals surface area contributed by atoms with E-state index in [1.165, 1.54) is 5.57 Å². The summed E-state index contributed by atoms with van der Waals surface area (Å²) in [6.45, 7) is 8.10. The average molecular weight is 382 g/mol. The standard InChI is InChI=1S/C25H34O3/c1-6-25(28)14-11-20-18-8-7-17-15-16(22(2,3)21(26)27)9-12-23(17,4)19(18)10-13-24(20,25)5/h1,7,15,18-20,28H,8-14H2,2-5H3,(H,26,27)/p-1/t18-,19+,20+,23-,24-,25-/m0/s1. The van der Waals surface area contributed by atoms with Gasteiger partial charge in [-0.05, 0) is 73.7 Å². The lowest BCUT2D eigenvalue weighted by Gasteiger charge is -2.58. The van der Waals surface area contributed by atoms with Gasteiger partial charge in [0.2, 0.25) is 0 Å². The molecule has 152 valence electrons. The topological polar surface area (TPSA) is 60.4 Å². The molecular formula is C25H33O3-. The van der Waals surface area contributed by atoms with Gasteiger partial charge in [0, 0.05) is 10.8 Å². The highest BCUT2D eigenvalue weighted by atomic mass is 16.4. The van der Waals surface area contributed by atoms with Gasteiger partial charge in [-0.15, -0.1) is 6.42 Å². The minimum Gasteiger partial charge on any atom is -0.549 e. The van der Waals surface area contributed by atoms with Crippen LogP contribution in [-0.2, 0) is 4.79 Å². The quantitative estimate of drug-likeness (QED) is 0.743. The third-order valence-electron chi connectivity index (χ3n) is 9.47. The molecule has 2 fully saturated rings. The number of carbonyl (C=O) groups excluding carboxylic acids is 1. The van der Waals surface area contributed by atoms with Crippen molar-refractivity contribution in [3.05, 3.63) is 23.3 Å². The van der Waals surface area contributed by atoms with Crippen molar-refractivity contribution in [1.82, 2.24) is 0 Å². The van der Waals surface area contributed by atoms with Crippen molar-refractivity contribution in [3.8, 4) is 12.3 Å². The van der Waals surface area contributed by atoms with Gasteiger partial charge in [0.15, 0.2) is 0 Å². The predicted molar refractivity (Wildman–Crippen MR) is 108 cm³/mol. The summed E-state index contributed by atoms with van der Waals surface area (Å²) in [7, 11) is 0. The molecule has 3 heteroatoms. The highest BCUT2D eigenvalue weighted by Crippen LogP contribution is 2.67. The minimum absolute atomic E-state index is 0.0899. The van der Waals surface area contributed by atoms with Gasteiger partial charge in [-0.25, -0.2) is 0 Å². The molecule has 0 aromatic rings. The molecule has 2 saturated carbocycles. The first-order valence-corrected chi connectivity index (χ1v) is 10.8. The van der Waals surface area contributed by atoms with E-state index >= 15 is 0 Å². The van der Waals surface area contributed by atoms with Crippen molar-refractivity contribution >= 4 is 5.97 Å². The van der Waals surface area contributed by atoms with Crippen LogP contribution in [-0.4, -0.2) is 16.7 Å². The Balaban J connectivity index is 1.69. The Morgan fingerprint density at radius 1 is 1.25 bits per heavy atom. The van der Waals surface area contributed by atoms with E-state index < -0.39 is 17.0 Å². The van der Waals surface area contributed by atoms with E-state index in [-0.39, 0.29) is 10.8 Å². The lowest BCUT2D eigenvalue weighted by Crippen LogP contribution is -2.53. The third-order valence-corrected chi connectivity index (χ3v) is 9.47. The number of allylic oxidation sites excluding steroid dienone is 3. The number of aliphatic hydroxyl groups is 1. The van der Waals surface area contributed by atoms with Crippen LogP contribution in [0.5, 0.6) is 0 Å². The van der Waals surface area contributed by atoms with E-state index in [0.29, 0.717) is 24.2 Å². The van der Waals surface area contributed by atoms with E-state index in [1.807, 2.05) is 0 Å². The number of carboxylic acid groups (broad SMARTS) is 1. The maximum atomic E-state index is 11.6. The van der Waals surface area contributed by atoms with Gasteiger partial charge in [0.05, 0.1) is 5.97 Å². The van der Waals surface area contributed by atoms with Crippen LogP contribution in [0.2, 0.25) is 0 Å². The Morgan fingerprint density at radius 2 is 1.93 bits per heavy atom. The van der Waals surface area contributed by atoms with Gasteiger partial charge in [-0.2, -0.15) is 0 Å². The van der Waals surface area contributed by atoms with Crippen molar-refractivity contribution in [2.75, 3.05) is 0 Å². The zero-order valence-electron chi connectivity index (χ0n) is 17.7. The molecule has 0 spiro atoms. The molecule has 0 aromatic carbocycles. The zero-order chi connectivity index (χ0) is 20.5. The Bertz CT molecular complexity index is 812. The van der Waals surface area contributed by atoms with E-state index in [1.54, 1.807) is 13.8 Å². The predicted octanol–water partition coefficient (Wildman–Crippen LogP) is 3.63. The van der Waals surface area contributed by atoms with Crippen LogP contribution in [0.25, 0.3) is 0 Å². The summed E-state index contributed by atoms with van der Waals surface area (Å²) in [4.78, 5) is 11.6. The Hall–Kier alpha value is -1.53. The summed E-state index contributed by atoms with van der Waals surface area (Å²) < 4.78 is 0. The average Bonchev–Trinajstić information content (AvgIpc) is 2.92. The van der Waals surface area contributed by atoms with Gasteiger partial charge >= 0.3 is 0 Å². The second-order valence-electron chi connectivity index (χ2n) is 10.8. The van der Waals surface area contributed by atoms with Crippen molar-refractivity contribution in [1.29, 1.82) is 0 Å². The second kappa shape index (κ2) is 5.99. The molecule has 1 N–H and O–H groups in total. The normalized spacial score (nSPS) is 45.1. The second-order valence-corrected chi connectivity index (χ2v) is 10.8. The van der Waals surface area contributed by atoms with Crippen LogP contribution in [0.15, 0.2) is 23.3 Å². The molecule has 6 atom stereocenters. The van der Waals surface area contributed by atoms with Crippen LogP contribution in [0.3, 0.4) is 0 Å². The fourth-order valence-corrected chi connectivity index (χ4v) is 7.20. The molecule has 0 saturated heterocycles. The number of terminal acetylenes is 1. The summed E-state index contributed by atoms with van der Waals surface area (Å²) in [5.74, 6) is 3.35. The van der Waals surface area contributed by atoms with E-state index in [4.69, 9.17) is 6.42 Å². The largest absolute Gasteiger partial charge is 0.549 e. The Labute approximate surface area is 169 Å². The monoisotopic (exact) mass is 381 g/mol. The van der Waals surface area contributed by atoms with Crippen LogP contribution < -0.4 is 5.11 Å². The fraction of sp³-hybridized carbons (Fsp3) is 0.720. The molecule has 28 heavy (non-hydrogen) atoms. The first-order chi connectivity index (χ1) is 13.0. The first kappa shape index (κ1) is 19.8. The van der Waals surface area contributed by atoms with Gasteiger partial charge in [-0.1, -0.05) is 51.3 Å². The third kappa shape index (κ3) is 2.37. The highest BCUT2D eigenvalue weighted by molar-refractivity contribution is 5.76. The van der Waals surface area contributed by atoms with Gasteiger partial charge < -0.3 is 15.0 Å². The van der Waals surface area contributed by atoms with Crippen LogP contribution >= 0.6 is 0 Å². The first-order valence-electron chi connectivity index (χ1n) is 10.8.